The summed E-state index contributed by atoms with van der Waals surface area (Å²) in [4.78, 5) is 2.41. The van der Waals surface area contributed by atoms with E-state index in [0.29, 0.717) is 12.6 Å². The fraction of sp³-hybridized carbons (Fsp3) is 0.579. The molecule has 1 saturated carbocycles. The number of benzene rings is 1. The first-order valence-corrected chi connectivity index (χ1v) is 8.61. The van der Waals surface area contributed by atoms with Crippen LogP contribution in [0.5, 0.6) is 0 Å². The summed E-state index contributed by atoms with van der Waals surface area (Å²) in [5.41, 5.74) is 2.77. The van der Waals surface area contributed by atoms with Crippen molar-refractivity contribution in [2.24, 2.45) is 0 Å². The second-order valence-electron chi connectivity index (χ2n) is 6.61. The molecule has 0 spiro atoms. The largest absolute Gasteiger partial charge is 0.492 e. The van der Waals surface area contributed by atoms with Gasteiger partial charge in [-0.05, 0) is 63.4 Å². The first kappa shape index (κ1) is 15.6. The molecular formula is C19H28N2O. The van der Waals surface area contributed by atoms with Crippen LogP contribution in [0.1, 0.15) is 37.7 Å². The Morgan fingerprint density at radius 2 is 1.91 bits per heavy atom. The molecule has 0 bridgehead atoms. The minimum Gasteiger partial charge on any atom is -0.492 e. The van der Waals surface area contributed by atoms with Gasteiger partial charge in [-0.15, -0.1) is 0 Å². The lowest BCUT2D eigenvalue weighted by molar-refractivity contribution is 0.174. The molecule has 0 atom stereocenters. The highest BCUT2D eigenvalue weighted by Crippen LogP contribution is 2.29. The highest BCUT2D eigenvalue weighted by molar-refractivity contribution is 5.18. The maximum Gasteiger partial charge on any atom is 0.113 e. The molecule has 0 unspecified atom stereocenters. The standard InChI is InChI=1S/C19H28N2O/c1-21-12-10-18(11-13-21)20-14-19(17-8-5-9-17)22-15-16-6-3-2-4-7-16/h2-4,6-7,18,20H,5,8-15H2,1H3. The van der Waals surface area contributed by atoms with Gasteiger partial charge in [-0.1, -0.05) is 30.3 Å². The molecule has 0 aromatic heterocycles. The number of hydrogen-bond donors (Lipinski definition) is 1. The number of piperidine rings is 1. The molecule has 2 fully saturated rings. The van der Waals surface area contributed by atoms with E-state index in [2.05, 4.69) is 47.6 Å². The molecule has 1 saturated heterocycles. The van der Waals surface area contributed by atoms with Gasteiger partial charge in [-0.2, -0.15) is 0 Å². The third-order valence-electron chi connectivity index (χ3n) is 4.88. The molecule has 1 aromatic rings. The monoisotopic (exact) mass is 300 g/mol. The average Bonchev–Trinajstić information content (AvgIpc) is 2.50. The summed E-state index contributed by atoms with van der Waals surface area (Å²) in [6, 6.07) is 11.1. The van der Waals surface area contributed by atoms with E-state index in [-0.39, 0.29) is 0 Å². The van der Waals surface area contributed by atoms with Crippen LogP contribution in [0.4, 0.5) is 0 Å². The average molecular weight is 300 g/mol. The molecule has 120 valence electrons. The van der Waals surface area contributed by atoms with Gasteiger partial charge < -0.3 is 15.0 Å². The lowest BCUT2D eigenvalue weighted by atomic mass is 9.91. The van der Waals surface area contributed by atoms with Gasteiger partial charge in [0.05, 0.1) is 6.54 Å². The van der Waals surface area contributed by atoms with E-state index in [4.69, 9.17) is 4.74 Å². The molecule has 1 aliphatic carbocycles. The van der Waals surface area contributed by atoms with Gasteiger partial charge in [0.1, 0.15) is 12.4 Å². The smallest absolute Gasteiger partial charge is 0.113 e. The van der Waals surface area contributed by atoms with E-state index in [1.165, 1.54) is 62.1 Å². The molecule has 1 heterocycles. The number of nitrogens with zero attached hydrogens (tertiary/aromatic N) is 1. The maximum atomic E-state index is 6.15. The Hall–Kier alpha value is -1.32. The van der Waals surface area contributed by atoms with Gasteiger partial charge in [0.2, 0.25) is 0 Å². The van der Waals surface area contributed by atoms with Crippen LogP contribution in [-0.2, 0) is 11.3 Å². The van der Waals surface area contributed by atoms with Crippen LogP contribution in [0.25, 0.3) is 0 Å². The number of hydrogen-bond acceptors (Lipinski definition) is 3. The van der Waals surface area contributed by atoms with E-state index in [1.54, 1.807) is 0 Å². The van der Waals surface area contributed by atoms with Crippen LogP contribution in [0.2, 0.25) is 0 Å². The molecule has 1 aromatic carbocycles. The SMILES string of the molecule is CN1CCC(NCC(OCc2ccccc2)=C2CCC2)CC1. The normalized spacial score (nSPS) is 19.8. The predicted octanol–water partition coefficient (Wildman–Crippen LogP) is 3.33. The summed E-state index contributed by atoms with van der Waals surface area (Å²) >= 11 is 0. The second-order valence-corrected chi connectivity index (χ2v) is 6.61. The van der Waals surface area contributed by atoms with E-state index in [1.807, 2.05) is 0 Å². The molecule has 3 nitrogen and oxygen atoms in total. The Bertz CT molecular complexity index is 483. The highest BCUT2D eigenvalue weighted by Gasteiger charge is 2.19. The number of ether oxygens (including phenoxy) is 1. The van der Waals surface area contributed by atoms with E-state index in [0.717, 1.165) is 6.54 Å². The third-order valence-corrected chi connectivity index (χ3v) is 4.88. The molecule has 2 aliphatic rings. The van der Waals surface area contributed by atoms with Crippen molar-refractivity contribution in [2.75, 3.05) is 26.7 Å². The molecule has 1 aliphatic heterocycles. The van der Waals surface area contributed by atoms with Crippen LogP contribution in [0.3, 0.4) is 0 Å². The van der Waals surface area contributed by atoms with Crippen molar-refractivity contribution < 1.29 is 4.74 Å². The van der Waals surface area contributed by atoms with Crippen LogP contribution < -0.4 is 5.32 Å². The number of allylic oxidation sites excluding steroid dienone is 1. The number of likely N-dealkylation sites (tertiary alicyclic amines) is 1. The van der Waals surface area contributed by atoms with Gasteiger partial charge in [-0.3, -0.25) is 0 Å². The molecule has 3 rings (SSSR count). The van der Waals surface area contributed by atoms with Crippen molar-refractivity contribution in [3.63, 3.8) is 0 Å². The lowest BCUT2D eigenvalue weighted by Crippen LogP contribution is -2.41. The van der Waals surface area contributed by atoms with Crippen molar-refractivity contribution in [3.05, 3.63) is 47.2 Å². The summed E-state index contributed by atoms with van der Waals surface area (Å²) in [5, 5.41) is 3.72. The van der Waals surface area contributed by atoms with Crippen molar-refractivity contribution in [1.82, 2.24) is 10.2 Å². The summed E-state index contributed by atoms with van der Waals surface area (Å²) in [5.74, 6) is 1.20. The van der Waals surface area contributed by atoms with Crippen molar-refractivity contribution in [3.8, 4) is 0 Å². The first-order chi connectivity index (χ1) is 10.8. The topological polar surface area (TPSA) is 24.5 Å². The minimum atomic E-state index is 0.646. The fourth-order valence-corrected chi connectivity index (χ4v) is 3.10. The zero-order chi connectivity index (χ0) is 15.2. The quantitative estimate of drug-likeness (QED) is 0.816. The van der Waals surface area contributed by atoms with Crippen molar-refractivity contribution in [1.29, 1.82) is 0 Å². The van der Waals surface area contributed by atoms with Crippen LogP contribution in [0.15, 0.2) is 41.7 Å². The molecule has 0 radical (unpaired) electrons. The van der Waals surface area contributed by atoms with Gasteiger partial charge >= 0.3 is 0 Å². The Kier molecular flexibility index (Phi) is 5.52. The van der Waals surface area contributed by atoms with Gasteiger partial charge in [0.15, 0.2) is 0 Å². The van der Waals surface area contributed by atoms with Gasteiger partial charge in [0, 0.05) is 6.04 Å². The Labute approximate surface area is 134 Å². The van der Waals surface area contributed by atoms with Crippen LogP contribution in [-0.4, -0.2) is 37.6 Å². The Morgan fingerprint density at radius 3 is 2.55 bits per heavy atom. The molecular weight excluding hydrogens is 272 g/mol. The molecule has 22 heavy (non-hydrogen) atoms. The number of nitrogens with one attached hydrogen (secondary N) is 1. The fourth-order valence-electron chi connectivity index (χ4n) is 3.10. The van der Waals surface area contributed by atoms with E-state index >= 15 is 0 Å². The zero-order valence-electron chi connectivity index (χ0n) is 13.7. The van der Waals surface area contributed by atoms with E-state index in [9.17, 15) is 0 Å². The molecule has 1 N–H and O–H groups in total. The summed E-state index contributed by atoms with van der Waals surface area (Å²) in [6.45, 7) is 3.99. The Balaban J connectivity index is 1.50. The van der Waals surface area contributed by atoms with E-state index < -0.39 is 0 Å². The predicted molar refractivity (Wildman–Crippen MR) is 90.6 cm³/mol. The van der Waals surface area contributed by atoms with Crippen LogP contribution >= 0.6 is 0 Å². The van der Waals surface area contributed by atoms with Crippen molar-refractivity contribution in [2.45, 2.75) is 44.8 Å². The van der Waals surface area contributed by atoms with Crippen LogP contribution in [0, 0.1) is 0 Å². The maximum absolute atomic E-state index is 6.15. The van der Waals surface area contributed by atoms with Crippen molar-refractivity contribution >= 4 is 0 Å². The minimum absolute atomic E-state index is 0.646. The van der Waals surface area contributed by atoms with Gasteiger partial charge in [-0.25, -0.2) is 0 Å². The Morgan fingerprint density at radius 1 is 1.18 bits per heavy atom. The highest BCUT2D eigenvalue weighted by atomic mass is 16.5. The summed E-state index contributed by atoms with van der Waals surface area (Å²) in [7, 11) is 2.21. The van der Waals surface area contributed by atoms with Gasteiger partial charge in [0.25, 0.3) is 0 Å². The first-order valence-electron chi connectivity index (χ1n) is 8.61. The second kappa shape index (κ2) is 7.80. The lowest BCUT2D eigenvalue weighted by Gasteiger charge is -2.30. The summed E-state index contributed by atoms with van der Waals surface area (Å²) in [6.07, 6.45) is 6.26. The number of rotatable bonds is 6. The molecule has 0 amide bonds. The molecule has 3 heteroatoms. The summed E-state index contributed by atoms with van der Waals surface area (Å²) < 4.78 is 6.15. The third kappa shape index (κ3) is 4.34. The zero-order valence-corrected chi connectivity index (χ0v) is 13.7.